The number of hydrogen-bond donors (Lipinski definition) is 1. The van der Waals surface area contributed by atoms with Crippen LogP contribution >= 0.6 is 0 Å². The summed E-state index contributed by atoms with van der Waals surface area (Å²) in [5, 5.41) is 2.71. The predicted molar refractivity (Wildman–Crippen MR) is 100 cm³/mol. The topological polar surface area (TPSA) is 66.5 Å². The van der Waals surface area contributed by atoms with Crippen LogP contribution in [0.15, 0.2) is 59.5 Å². The van der Waals surface area contributed by atoms with Gasteiger partial charge in [0.05, 0.1) is 11.4 Å². The Morgan fingerprint density at radius 1 is 1.00 bits per heavy atom. The molecule has 1 aliphatic rings. The monoisotopic (exact) mass is 368 g/mol. The Balaban J connectivity index is 1.60. The molecule has 1 heterocycles. The average molecular weight is 368 g/mol. The maximum atomic E-state index is 12.5. The third-order valence-corrected chi connectivity index (χ3v) is 6.08. The van der Waals surface area contributed by atoms with E-state index >= 15 is 0 Å². The molecule has 0 atom stereocenters. The number of carbonyl (C=O) groups is 1. The Kier molecular flexibility index (Phi) is 5.71. The first kappa shape index (κ1) is 18.2. The van der Waals surface area contributed by atoms with Gasteiger partial charge in [0.15, 0.2) is 0 Å². The molecule has 6 heteroatoms. The molecule has 0 saturated carbocycles. The van der Waals surface area contributed by atoms with Crippen LogP contribution in [0.3, 0.4) is 0 Å². The van der Waals surface area contributed by atoms with Crippen LogP contribution in [-0.4, -0.2) is 38.3 Å². The molecule has 3 rings (SSSR count). The summed E-state index contributed by atoms with van der Waals surface area (Å²) in [6.07, 6.45) is 1.79. The Morgan fingerprint density at radius 2 is 1.65 bits per heavy atom. The fourth-order valence-electron chi connectivity index (χ4n) is 2.75. The standard InChI is InChI=1S/C20H20N2O3S/c23-20(21-14-6-9-17-7-2-1-3-8-17)18-10-12-19(13-11-18)26(24,25)22-15-4-5-16-22/h1-3,7-8,10-13H,4-5,14-16H2,(H,21,23). The number of nitrogens with zero attached hydrogens (tertiary/aromatic N) is 1. The van der Waals surface area contributed by atoms with Crippen molar-refractivity contribution < 1.29 is 13.2 Å². The zero-order valence-corrected chi connectivity index (χ0v) is 15.1. The Bertz CT molecular complexity index is 921. The molecule has 26 heavy (non-hydrogen) atoms. The van der Waals surface area contributed by atoms with E-state index in [0.29, 0.717) is 18.7 Å². The van der Waals surface area contributed by atoms with E-state index in [1.54, 1.807) is 0 Å². The summed E-state index contributed by atoms with van der Waals surface area (Å²) in [4.78, 5) is 12.4. The van der Waals surface area contributed by atoms with Crippen molar-refractivity contribution in [3.63, 3.8) is 0 Å². The number of rotatable bonds is 4. The second kappa shape index (κ2) is 8.17. The van der Waals surface area contributed by atoms with Gasteiger partial charge < -0.3 is 5.32 Å². The maximum Gasteiger partial charge on any atom is 0.252 e. The molecule has 1 aliphatic heterocycles. The zero-order chi connectivity index (χ0) is 18.4. The molecule has 0 spiro atoms. The molecule has 134 valence electrons. The third kappa shape index (κ3) is 4.31. The van der Waals surface area contributed by atoms with Crippen molar-refractivity contribution in [2.75, 3.05) is 19.6 Å². The summed E-state index contributed by atoms with van der Waals surface area (Å²) in [5.41, 5.74) is 1.30. The number of nitrogens with one attached hydrogen (secondary N) is 1. The molecule has 2 aromatic rings. The van der Waals surface area contributed by atoms with E-state index < -0.39 is 10.0 Å². The fraction of sp³-hybridized carbons (Fsp3) is 0.250. The van der Waals surface area contributed by atoms with Crippen molar-refractivity contribution in [2.24, 2.45) is 0 Å². The molecular weight excluding hydrogens is 348 g/mol. The van der Waals surface area contributed by atoms with Crippen LogP contribution in [0.4, 0.5) is 0 Å². The lowest BCUT2D eigenvalue weighted by Crippen LogP contribution is -2.28. The lowest BCUT2D eigenvalue weighted by molar-refractivity contribution is 0.0958. The highest BCUT2D eigenvalue weighted by Crippen LogP contribution is 2.21. The van der Waals surface area contributed by atoms with Crippen LogP contribution in [0.1, 0.15) is 28.8 Å². The lowest BCUT2D eigenvalue weighted by atomic mass is 10.2. The van der Waals surface area contributed by atoms with E-state index in [-0.39, 0.29) is 17.3 Å². The molecular formula is C20H20N2O3S. The second-order valence-electron chi connectivity index (χ2n) is 5.99. The van der Waals surface area contributed by atoms with Crippen molar-refractivity contribution in [3.05, 3.63) is 65.7 Å². The maximum absolute atomic E-state index is 12.5. The Hall–Kier alpha value is -2.62. The molecule has 0 bridgehead atoms. The molecule has 5 nitrogen and oxygen atoms in total. The van der Waals surface area contributed by atoms with Crippen LogP contribution < -0.4 is 5.32 Å². The lowest BCUT2D eigenvalue weighted by Gasteiger charge is -2.15. The first-order chi connectivity index (χ1) is 12.6. The summed E-state index contributed by atoms with van der Waals surface area (Å²) in [7, 11) is -3.45. The van der Waals surface area contributed by atoms with E-state index in [0.717, 1.165) is 18.4 Å². The normalized spacial score (nSPS) is 14.5. The van der Waals surface area contributed by atoms with E-state index in [1.165, 1.54) is 28.6 Å². The largest absolute Gasteiger partial charge is 0.341 e. The number of hydrogen-bond acceptors (Lipinski definition) is 3. The van der Waals surface area contributed by atoms with Crippen molar-refractivity contribution in [2.45, 2.75) is 17.7 Å². The van der Waals surface area contributed by atoms with Gasteiger partial charge in [0.2, 0.25) is 10.0 Å². The number of benzene rings is 2. The highest BCUT2D eigenvalue weighted by molar-refractivity contribution is 7.89. The quantitative estimate of drug-likeness (QED) is 0.842. The predicted octanol–water partition coefficient (Wildman–Crippen LogP) is 2.25. The molecule has 0 unspecified atom stereocenters. The highest BCUT2D eigenvalue weighted by atomic mass is 32.2. The minimum absolute atomic E-state index is 0.222. The molecule has 1 amide bonds. The number of carbonyl (C=O) groups excluding carboxylic acids is 1. The summed E-state index contributed by atoms with van der Waals surface area (Å²) in [6.45, 7) is 1.34. The van der Waals surface area contributed by atoms with E-state index in [9.17, 15) is 13.2 Å². The van der Waals surface area contributed by atoms with Crippen LogP contribution in [0.25, 0.3) is 0 Å². The van der Waals surface area contributed by atoms with Gasteiger partial charge >= 0.3 is 0 Å². The Labute approximate surface area is 154 Å². The van der Waals surface area contributed by atoms with Gasteiger partial charge in [-0.1, -0.05) is 30.0 Å². The van der Waals surface area contributed by atoms with Gasteiger partial charge in [0.1, 0.15) is 0 Å². The fourth-order valence-corrected chi connectivity index (χ4v) is 4.27. The molecule has 0 radical (unpaired) electrons. The first-order valence-electron chi connectivity index (χ1n) is 8.50. The zero-order valence-electron chi connectivity index (χ0n) is 14.3. The van der Waals surface area contributed by atoms with Crippen molar-refractivity contribution >= 4 is 15.9 Å². The summed E-state index contributed by atoms with van der Waals surface area (Å²) in [5.74, 6) is 5.57. The summed E-state index contributed by atoms with van der Waals surface area (Å²) < 4.78 is 26.4. The molecule has 0 aromatic heterocycles. The SMILES string of the molecule is O=C(NCC#Cc1ccccc1)c1ccc(S(=O)(=O)N2CCCC2)cc1. The van der Waals surface area contributed by atoms with E-state index in [4.69, 9.17) is 0 Å². The molecule has 1 saturated heterocycles. The minimum Gasteiger partial charge on any atom is -0.341 e. The van der Waals surface area contributed by atoms with Crippen LogP contribution in [0.5, 0.6) is 0 Å². The summed E-state index contributed by atoms with van der Waals surface area (Å²) in [6, 6.07) is 15.5. The first-order valence-corrected chi connectivity index (χ1v) is 9.94. The van der Waals surface area contributed by atoms with Crippen LogP contribution in [-0.2, 0) is 10.0 Å². The number of amides is 1. The molecule has 0 aliphatic carbocycles. The third-order valence-electron chi connectivity index (χ3n) is 4.16. The van der Waals surface area contributed by atoms with Gasteiger partial charge in [-0.15, -0.1) is 0 Å². The van der Waals surface area contributed by atoms with Crippen molar-refractivity contribution in [1.29, 1.82) is 0 Å². The second-order valence-corrected chi connectivity index (χ2v) is 7.92. The van der Waals surface area contributed by atoms with Crippen LogP contribution in [0.2, 0.25) is 0 Å². The van der Waals surface area contributed by atoms with Gasteiger partial charge in [0.25, 0.3) is 5.91 Å². The van der Waals surface area contributed by atoms with Crippen molar-refractivity contribution in [3.8, 4) is 11.8 Å². The molecule has 2 aromatic carbocycles. The summed E-state index contributed by atoms with van der Waals surface area (Å²) >= 11 is 0. The molecule has 1 N–H and O–H groups in total. The minimum atomic E-state index is -3.45. The van der Waals surface area contributed by atoms with E-state index in [1.807, 2.05) is 30.3 Å². The van der Waals surface area contributed by atoms with E-state index in [2.05, 4.69) is 17.2 Å². The van der Waals surface area contributed by atoms with Crippen molar-refractivity contribution in [1.82, 2.24) is 9.62 Å². The average Bonchev–Trinajstić information content (AvgIpc) is 3.22. The van der Waals surface area contributed by atoms with Crippen LogP contribution in [0, 0.1) is 11.8 Å². The Morgan fingerprint density at radius 3 is 2.31 bits per heavy atom. The highest BCUT2D eigenvalue weighted by Gasteiger charge is 2.27. The van der Waals surface area contributed by atoms with Gasteiger partial charge in [-0.2, -0.15) is 4.31 Å². The van der Waals surface area contributed by atoms with Gasteiger partial charge in [0, 0.05) is 24.2 Å². The number of sulfonamides is 1. The van der Waals surface area contributed by atoms with Gasteiger partial charge in [-0.25, -0.2) is 8.42 Å². The van der Waals surface area contributed by atoms with Gasteiger partial charge in [-0.05, 0) is 49.2 Å². The van der Waals surface area contributed by atoms with Gasteiger partial charge in [-0.3, -0.25) is 4.79 Å². The smallest absolute Gasteiger partial charge is 0.252 e. The molecule has 1 fully saturated rings.